The number of pyridine rings is 1. The molecule has 126 valence electrons. The van der Waals surface area contributed by atoms with Gasteiger partial charge in [0.2, 0.25) is 0 Å². The van der Waals surface area contributed by atoms with Gasteiger partial charge in [0.1, 0.15) is 0 Å². The first-order valence-electron chi connectivity index (χ1n) is 8.55. The van der Waals surface area contributed by atoms with Crippen LogP contribution in [0.15, 0.2) is 61.2 Å². The minimum atomic E-state index is 0.0857. The number of hydrogen-bond donors (Lipinski definition) is 0. The monoisotopic (exact) mass is 332 g/mol. The molecule has 0 saturated carbocycles. The summed E-state index contributed by atoms with van der Waals surface area (Å²) in [5.41, 5.74) is 3.94. The third kappa shape index (κ3) is 3.05. The van der Waals surface area contributed by atoms with Crippen LogP contribution in [0, 0.1) is 6.92 Å². The fourth-order valence-electron chi connectivity index (χ4n) is 3.42. The quantitative estimate of drug-likeness (QED) is 0.737. The van der Waals surface area contributed by atoms with Crippen LogP contribution < -0.4 is 0 Å². The van der Waals surface area contributed by atoms with Gasteiger partial charge < -0.3 is 4.90 Å². The summed E-state index contributed by atoms with van der Waals surface area (Å²) in [5.74, 6) is 0.0857. The Balaban J connectivity index is 1.56. The van der Waals surface area contributed by atoms with Gasteiger partial charge in [-0.1, -0.05) is 0 Å². The second-order valence-electron chi connectivity index (χ2n) is 6.45. The Hall–Kier alpha value is -2.95. The lowest BCUT2D eigenvalue weighted by atomic mass is 10.1. The Morgan fingerprint density at radius 1 is 1.12 bits per heavy atom. The summed E-state index contributed by atoms with van der Waals surface area (Å²) < 4.78 is 1.82. The van der Waals surface area contributed by atoms with Crippen LogP contribution >= 0.6 is 0 Å². The molecule has 0 radical (unpaired) electrons. The van der Waals surface area contributed by atoms with Crippen molar-refractivity contribution in [2.24, 2.45) is 0 Å². The maximum absolute atomic E-state index is 13.0. The van der Waals surface area contributed by atoms with Crippen molar-refractivity contribution in [3.63, 3.8) is 0 Å². The molecule has 3 aromatic rings. The molecule has 1 aromatic carbocycles. The van der Waals surface area contributed by atoms with E-state index in [4.69, 9.17) is 0 Å². The lowest BCUT2D eigenvalue weighted by Gasteiger charge is -2.25. The average molecular weight is 332 g/mol. The van der Waals surface area contributed by atoms with Gasteiger partial charge in [-0.15, -0.1) is 0 Å². The molecule has 2 aromatic heterocycles. The minimum absolute atomic E-state index is 0.0857. The molecule has 0 aliphatic carbocycles. The molecule has 0 bridgehead atoms. The largest absolute Gasteiger partial charge is 0.332 e. The number of rotatable bonds is 3. The SMILES string of the molecule is Cc1cnn(-c2ccc(C(=O)N3CCCC3c3ccncc3)cc2)c1. The van der Waals surface area contributed by atoms with Crippen molar-refractivity contribution in [3.05, 3.63) is 77.9 Å². The van der Waals surface area contributed by atoms with Crippen molar-refractivity contribution in [3.8, 4) is 5.69 Å². The second kappa shape index (κ2) is 6.51. The zero-order valence-corrected chi connectivity index (χ0v) is 14.2. The minimum Gasteiger partial charge on any atom is -0.332 e. The third-order valence-corrected chi connectivity index (χ3v) is 4.70. The summed E-state index contributed by atoms with van der Waals surface area (Å²) >= 11 is 0. The molecule has 1 saturated heterocycles. The van der Waals surface area contributed by atoms with Crippen LogP contribution in [-0.2, 0) is 0 Å². The maximum atomic E-state index is 13.0. The number of aryl methyl sites for hydroxylation is 1. The van der Waals surface area contributed by atoms with Gasteiger partial charge in [-0.05, 0) is 67.3 Å². The Labute approximate surface area is 146 Å². The van der Waals surface area contributed by atoms with Crippen LogP contribution in [0.2, 0.25) is 0 Å². The van der Waals surface area contributed by atoms with E-state index in [1.807, 2.05) is 65.3 Å². The molecular formula is C20H20N4O. The zero-order valence-electron chi connectivity index (χ0n) is 14.2. The Morgan fingerprint density at radius 3 is 2.56 bits per heavy atom. The van der Waals surface area contributed by atoms with E-state index in [1.165, 1.54) is 0 Å². The number of nitrogens with zero attached hydrogens (tertiary/aromatic N) is 4. The zero-order chi connectivity index (χ0) is 17.2. The number of aromatic nitrogens is 3. The molecule has 5 nitrogen and oxygen atoms in total. The van der Waals surface area contributed by atoms with E-state index in [2.05, 4.69) is 10.1 Å². The molecule has 1 aliphatic heterocycles. The first-order chi connectivity index (χ1) is 12.2. The first-order valence-corrected chi connectivity index (χ1v) is 8.55. The van der Waals surface area contributed by atoms with E-state index >= 15 is 0 Å². The smallest absolute Gasteiger partial charge is 0.254 e. The van der Waals surface area contributed by atoms with E-state index in [1.54, 1.807) is 12.4 Å². The third-order valence-electron chi connectivity index (χ3n) is 4.70. The van der Waals surface area contributed by atoms with Crippen LogP contribution in [0.1, 0.15) is 40.4 Å². The number of hydrogen-bond acceptors (Lipinski definition) is 3. The number of carbonyl (C=O) groups excluding carboxylic acids is 1. The summed E-state index contributed by atoms with van der Waals surface area (Å²) in [6.45, 7) is 2.81. The molecule has 25 heavy (non-hydrogen) atoms. The summed E-state index contributed by atoms with van der Waals surface area (Å²) in [4.78, 5) is 19.0. The van der Waals surface area contributed by atoms with Crippen molar-refractivity contribution in [2.45, 2.75) is 25.8 Å². The van der Waals surface area contributed by atoms with Crippen molar-refractivity contribution >= 4 is 5.91 Å². The predicted octanol–water partition coefficient (Wildman–Crippen LogP) is 3.55. The number of carbonyl (C=O) groups is 1. The molecule has 1 amide bonds. The number of benzene rings is 1. The molecular weight excluding hydrogens is 312 g/mol. The Morgan fingerprint density at radius 2 is 1.88 bits per heavy atom. The van der Waals surface area contributed by atoms with Crippen LogP contribution in [0.25, 0.3) is 5.69 Å². The summed E-state index contributed by atoms with van der Waals surface area (Å²) in [6.07, 6.45) is 9.40. The van der Waals surface area contributed by atoms with Gasteiger partial charge in [0.25, 0.3) is 5.91 Å². The van der Waals surface area contributed by atoms with Crippen LogP contribution in [0.5, 0.6) is 0 Å². The van der Waals surface area contributed by atoms with Gasteiger partial charge in [-0.25, -0.2) is 4.68 Å². The van der Waals surface area contributed by atoms with Gasteiger partial charge >= 0.3 is 0 Å². The van der Waals surface area contributed by atoms with Crippen LogP contribution in [-0.4, -0.2) is 32.1 Å². The van der Waals surface area contributed by atoms with E-state index in [9.17, 15) is 4.79 Å². The topological polar surface area (TPSA) is 51.0 Å². The van der Waals surface area contributed by atoms with Gasteiger partial charge in [0.05, 0.1) is 17.9 Å². The van der Waals surface area contributed by atoms with E-state index < -0.39 is 0 Å². The van der Waals surface area contributed by atoms with Crippen molar-refractivity contribution in [1.29, 1.82) is 0 Å². The average Bonchev–Trinajstić information content (AvgIpc) is 3.31. The molecule has 1 fully saturated rings. The maximum Gasteiger partial charge on any atom is 0.254 e. The number of likely N-dealkylation sites (tertiary alicyclic amines) is 1. The highest BCUT2D eigenvalue weighted by atomic mass is 16.2. The molecule has 1 unspecified atom stereocenters. The van der Waals surface area contributed by atoms with E-state index in [0.717, 1.165) is 36.2 Å². The number of amides is 1. The lowest BCUT2D eigenvalue weighted by molar-refractivity contribution is 0.0735. The molecule has 5 heteroatoms. The molecule has 1 atom stereocenters. The fraction of sp³-hybridized carbons (Fsp3) is 0.250. The van der Waals surface area contributed by atoms with Crippen molar-refractivity contribution in [2.75, 3.05) is 6.54 Å². The van der Waals surface area contributed by atoms with Crippen molar-refractivity contribution in [1.82, 2.24) is 19.7 Å². The molecule has 0 spiro atoms. The van der Waals surface area contributed by atoms with Gasteiger partial charge in [-0.2, -0.15) is 5.10 Å². The fourth-order valence-corrected chi connectivity index (χ4v) is 3.42. The Kier molecular flexibility index (Phi) is 4.06. The van der Waals surface area contributed by atoms with Gasteiger partial charge in [-0.3, -0.25) is 9.78 Å². The van der Waals surface area contributed by atoms with Crippen LogP contribution in [0.4, 0.5) is 0 Å². The summed E-state index contributed by atoms with van der Waals surface area (Å²) in [7, 11) is 0. The molecule has 4 rings (SSSR count). The van der Waals surface area contributed by atoms with Gasteiger partial charge in [0.15, 0.2) is 0 Å². The second-order valence-corrected chi connectivity index (χ2v) is 6.45. The standard InChI is InChI=1S/C20H20N4O/c1-15-13-22-24(14-15)18-6-4-17(5-7-18)20(25)23-12-2-3-19(23)16-8-10-21-11-9-16/h4-11,13-14,19H,2-3,12H2,1H3. The van der Waals surface area contributed by atoms with Gasteiger partial charge in [0, 0.05) is 30.7 Å². The molecule has 1 aliphatic rings. The first kappa shape index (κ1) is 15.6. The van der Waals surface area contributed by atoms with E-state index in [0.29, 0.717) is 5.56 Å². The highest BCUT2D eigenvalue weighted by Gasteiger charge is 2.30. The van der Waals surface area contributed by atoms with E-state index in [-0.39, 0.29) is 11.9 Å². The highest BCUT2D eigenvalue weighted by Crippen LogP contribution is 2.32. The molecule has 3 heterocycles. The Bertz CT molecular complexity index is 870. The summed E-state index contributed by atoms with van der Waals surface area (Å²) in [5, 5.41) is 4.31. The molecule has 0 N–H and O–H groups in total. The lowest BCUT2D eigenvalue weighted by Crippen LogP contribution is -2.30. The highest BCUT2D eigenvalue weighted by molar-refractivity contribution is 5.94. The van der Waals surface area contributed by atoms with Crippen molar-refractivity contribution < 1.29 is 4.79 Å². The normalized spacial score (nSPS) is 17.0. The van der Waals surface area contributed by atoms with Crippen LogP contribution in [0.3, 0.4) is 0 Å². The summed E-state index contributed by atoms with van der Waals surface area (Å²) in [6, 6.07) is 11.8. The predicted molar refractivity (Wildman–Crippen MR) is 95.5 cm³/mol.